The molecule has 1 amide bonds. The van der Waals surface area contributed by atoms with Crippen molar-refractivity contribution in [2.75, 3.05) is 13.1 Å². The lowest BCUT2D eigenvalue weighted by Crippen LogP contribution is -2.44. The van der Waals surface area contributed by atoms with E-state index in [4.69, 9.17) is 0 Å². The Balaban J connectivity index is 1.80. The van der Waals surface area contributed by atoms with Gasteiger partial charge in [0.1, 0.15) is 6.54 Å². The maximum Gasteiger partial charge on any atom is 0.273 e. The topological polar surface area (TPSA) is 59.6 Å². The summed E-state index contributed by atoms with van der Waals surface area (Å²) in [4.78, 5) is 31.1. The molecule has 1 fully saturated rings. The number of likely N-dealkylation sites (tertiary alicyclic amines) is 1. The highest BCUT2D eigenvalue weighted by atomic mass is 16.2. The highest BCUT2D eigenvalue weighted by molar-refractivity contribution is 5.93. The lowest BCUT2D eigenvalue weighted by molar-refractivity contribution is -0.134. The first-order valence-corrected chi connectivity index (χ1v) is 9.19. The molecule has 2 aromatic heterocycles. The molecule has 6 heteroatoms. The van der Waals surface area contributed by atoms with Crippen LogP contribution < -0.4 is 5.56 Å². The average molecular weight is 352 g/mol. The van der Waals surface area contributed by atoms with Gasteiger partial charge in [0.2, 0.25) is 5.91 Å². The third-order valence-electron chi connectivity index (χ3n) is 5.25. The van der Waals surface area contributed by atoms with Gasteiger partial charge in [-0.3, -0.25) is 14.3 Å². The molecule has 4 rings (SSSR count). The molecule has 136 valence electrons. The predicted octanol–water partition coefficient (Wildman–Crippen LogP) is 2.46. The van der Waals surface area contributed by atoms with E-state index in [1.54, 1.807) is 0 Å². The number of amides is 1. The van der Waals surface area contributed by atoms with Crippen LogP contribution in [0.1, 0.15) is 26.0 Å². The number of carbonyl (C=O) groups is 1. The Bertz CT molecular complexity index is 1040. The summed E-state index contributed by atoms with van der Waals surface area (Å²) >= 11 is 0. The van der Waals surface area contributed by atoms with Crippen molar-refractivity contribution in [1.29, 1.82) is 0 Å². The largest absolute Gasteiger partial charge is 0.341 e. The highest BCUT2D eigenvalue weighted by Gasteiger charge is 2.26. The van der Waals surface area contributed by atoms with Gasteiger partial charge < -0.3 is 4.90 Å². The minimum atomic E-state index is -0.254. The summed E-state index contributed by atoms with van der Waals surface area (Å²) in [5.41, 5.74) is 2.05. The summed E-state index contributed by atoms with van der Waals surface area (Å²) in [5.74, 6) is 1.17. The normalized spacial score (nSPS) is 20.8. The number of fused-ring (bicyclic) bond motifs is 3. The smallest absolute Gasteiger partial charge is 0.273 e. The molecule has 1 aromatic carbocycles. The van der Waals surface area contributed by atoms with E-state index in [0.29, 0.717) is 17.5 Å². The Morgan fingerprint density at radius 3 is 2.62 bits per heavy atom. The third kappa shape index (κ3) is 2.79. The first kappa shape index (κ1) is 16.8. The fourth-order valence-corrected chi connectivity index (χ4v) is 4.32. The van der Waals surface area contributed by atoms with Crippen LogP contribution in [-0.2, 0) is 11.3 Å². The minimum absolute atomic E-state index is 0.115. The number of aryl methyl sites for hydroxylation is 1. The standard InChI is InChI=1S/C20H24N4O2/c1-13-8-14(2)11-22(10-13)19(26)12-23-17-7-5-4-6-16(17)20-21-18(25)9-15(3)24(20)23/h4-7,9,13-14H,8,10-12H2,1-3H3/t13-,14+. The number of nitrogens with zero attached hydrogens (tertiary/aromatic N) is 4. The van der Waals surface area contributed by atoms with E-state index in [0.717, 1.165) is 29.7 Å². The van der Waals surface area contributed by atoms with Crippen molar-refractivity contribution in [3.8, 4) is 0 Å². The molecule has 0 bridgehead atoms. The quantitative estimate of drug-likeness (QED) is 0.712. The second-order valence-corrected chi connectivity index (χ2v) is 7.69. The van der Waals surface area contributed by atoms with Gasteiger partial charge in [-0.25, -0.2) is 4.52 Å². The van der Waals surface area contributed by atoms with Crippen LogP contribution in [-0.4, -0.2) is 38.1 Å². The van der Waals surface area contributed by atoms with Crippen molar-refractivity contribution in [3.63, 3.8) is 0 Å². The van der Waals surface area contributed by atoms with Crippen molar-refractivity contribution < 1.29 is 4.79 Å². The maximum atomic E-state index is 13.0. The molecule has 1 aliphatic heterocycles. The zero-order valence-electron chi connectivity index (χ0n) is 15.5. The SMILES string of the molecule is Cc1cc(=O)nc2c3ccccc3n(CC(=O)N3C[C@H](C)C[C@H](C)C3)n12. The van der Waals surface area contributed by atoms with E-state index in [2.05, 4.69) is 18.8 Å². The zero-order valence-corrected chi connectivity index (χ0v) is 15.5. The van der Waals surface area contributed by atoms with Crippen LogP contribution in [0.25, 0.3) is 16.6 Å². The average Bonchev–Trinajstić information content (AvgIpc) is 2.88. The van der Waals surface area contributed by atoms with Gasteiger partial charge in [-0.05, 0) is 37.3 Å². The number of carbonyl (C=O) groups excluding carboxylic acids is 1. The lowest BCUT2D eigenvalue weighted by Gasteiger charge is -2.35. The molecule has 1 aliphatic rings. The van der Waals surface area contributed by atoms with Gasteiger partial charge in [0.05, 0.1) is 5.52 Å². The van der Waals surface area contributed by atoms with Gasteiger partial charge in [0, 0.05) is 30.2 Å². The Labute approximate surface area is 152 Å². The van der Waals surface area contributed by atoms with Crippen molar-refractivity contribution in [2.24, 2.45) is 11.8 Å². The summed E-state index contributed by atoms with van der Waals surface area (Å²) in [6.45, 7) is 8.15. The zero-order chi connectivity index (χ0) is 18.4. The van der Waals surface area contributed by atoms with E-state index in [1.165, 1.54) is 12.5 Å². The molecule has 0 spiro atoms. The molecule has 0 aliphatic carbocycles. The second kappa shape index (κ2) is 6.27. The van der Waals surface area contributed by atoms with Crippen LogP contribution in [0.3, 0.4) is 0 Å². The molecule has 0 unspecified atom stereocenters. The van der Waals surface area contributed by atoms with Crippen molar-refractivity contribution in [3.05, 3.63) is 46.4 Å². The summed E-state index contributed by atoms with van der Waals surface area (Å²) in [6, 6.07) is 9.31. The van der Waals surface area contributed by atoms with Crippen LogP contribution in [0.5, 0.6) is 0 Å². The van der Waals surface area contributed by atoms with Crippen LogP contribution in [0.4, 0.5) is 0 Å². The number of para-hydroxylation sites is 1. The summed E-state index contributed by atoms with van der Waals surface area (Å²) in [5, 5.41) is 0.890. The van der Waals surface area contributed by atoms with Gasteiger partial charge in [0.15, 0.2) is 5.65 Å². The maximum absolute atomic E-state index is 13.0. The fraction of sp³-hybridized carbons (Fsp3) is 0.450. The van der Waals surface area contributed by atoms with Crippen LogP contribution in [0.2, 0.25) is 0 Å². The van der Waals surface area contributed by atoms with Crippen molar-refractivity contribution >= 4 is 22.5 Å². The first-order valence-electron chi connectivity index (χ1n) is 9.19. The molecular formula is C20H24N4O2. The number of rotatable bonds is 2. The van der Waals surface area contributed by atoms with E-state index >= 15 is 0 Å². The van der Waals surface area contributed by atoms with E-state index < -0.39 is 0 Å². The molecule has 3 aromatic rings. The molecule has 0 saturated carbocycles. The lowest BCUT2D eigenvalue weighted by atomic mass is 9.92. The van der Waals surface area contributed by atoms with Gasteiger partial charge in [-0.15, -0.1) is 0 Å². The van der Waals surface area contributed by atoms with Gasteiger partial charge >= 0.3 is 0 Å². The van der Waals surface area contributed by atoms with Crippen LogP contribution in [0, 0.1) is 18.8 Å². The van der Waals surface area contributed by atoms with Crippen molar-refractivity contribution in [1.82, 2.24) is 19.1 Å². The van der Waals surface area contributed by atoms with Gasteiger partial charge in [0.25, 0.3) is 5.56 Å². The molecule has 3 heterocycles. The van der Waals surface area contributed by atoms with Crippen LogP contribution >= 0.6 is 0 Å². The third-order valence-corrected chi connectivity index (χ3v) is 5.25. The van der Waals surface area contributed by atoms with E-state index in [1.807, 2.05) is 45.3 Å². The Hall–Kier alpha value is -2.63. The number of aromatic nitrogens is 3. The number of hydrogen-bond donors (Lipinski definition) is 0. The molecule has 0 radical (unpaired) electrons. The summed E-state index contributed by atoms with van der Waals surface area (Å²) < 4.78 is 3.83. The summed E-state index contributed by atoms with van der Waals surface area (Å²) in [7, 11) is 0. The molecule has 0 N–H and O–H groups in total. The highest BCUT2D eigenvalue weighted by Crippen LogP contribution is 2.24. The number of hydrogen-bond acceptors (Lipinski definition) is 3. The Morgan fingerprint density at radius 1 is 1.19 bits per heavy atom. The Kier molecular flexibility index (Phi) is 4.05. The summed E-state index contributed by atoms with van der Waals surface area (Å²) in [6.07, 6.45) is 1.17. The van der Waals surface area contributed by atoms with Gasteiger partial charge in [-0.2, -0.15) is 4.98 Å². The fourth-order valence-electron chi connectivity index (χ4n) is 4.32. The molecule has 6 nitrogen and oxygen atoms in total. The predicted molar refractivity (Wildman–Crippen MR) is 101 cm³/mol. The monoisotopic (exact) mass is 352 g/mol. The molecule has 26 heavy (non-hydrogen) atoms. The first-order chi connectivity index (χ1) is 12.4. The number of piperidine rings is 1. The molecule has 2 atom stereocenters. The number of benzene rings is 1. The minimum Gasteiger partial charge on any atom is -0.341 e. The van der Waals surface area contributed by atoms with Gasteiger partial charge in [-0.1, -0.05) is 26.0 Å². The van der Waals surface area contributed by atoms with Crippen molar-refractivity contribution in [2.45, 2.75) is 33.7 Å². The van der Waals surface area contributed by atoms with E-state index in [9.17, 15) is 9.59 Å². The second-order valence-electron chi connectivity index (χ2n) is 7.69. The van der Waals surface area contributed by atoms with E-state index in [-0.39, 0.29) is 18.0 Å². The Morgan fingerprint density at radius 2 is 1.88 bits per heavy atom. The molecular weight excluding hydrogens is 328 g/mol. The molecule has 1 saturated heterocycles. The van der Waals surface area contributed by atoms with Crippen LogP contribution in [0.15, 0.2) is 35.1 Å².